The van der Waals surface area contributed by atoms with Crippen molar-refractivity contribution in [1.29, 1.82) is 0 Å². The first-order valence-electron chi connectivity index (χ1n) is 10.7. The number of aromatic nitrogens is 2. The zero-order valence-corrected chi connectivity index (χ0v) is 18.0. The number of hydrogen-bond acceptors (Lipinski definition) is 2. The molecule has 1 aliphatic heterocycles. The molecule has 4 aromatic rings. The maximum Gasteiger partial charge on any atom is 0.0506 e. The standard InChI is InChI=1S/C26H26ClN3/c1-29-12-6-7-19(16-29)17-30-18-23(26-24(27)10-5-11-25(26)30)22-13-21(14-28-15-22)20-8-3-2-4-9-20/h2-5,8-11,13-15,18-19H,6-7,12,16-17H2,1H3. The summed E-state index contributed by atoms with van der Waals surface area (Å²) in [7, 11) is 2.23. The summed E-state index contributed by atoms with van der Waals surface area (Å²) in [6.45, 7) is 3.38. The number of pyridine rings is 1. The molecule has 0 saturated carbocycles. The number of fused-ring (bicyclic) bond motifs is 1. The van der Waals surface area contributed by atoms with Crippen LogP contribution in [0.2, 0.25) is 5.02 Å². The Morgan fingerprint density at radius 2 is 1.83 bits per heavy atom. The summed E-state index contributed by atoms with van der Waals surface area (Å²) in [4.78, 5) is 7.00. The lowest BCUT2D eigenvalue weighted by atomic mass is 9.98. The van der Waals surface area contributed by atoms with Crippen molar-refractivity contribution in [2.45, 2.75) is 19.4 Å². The van der Waals surface area contributed by atoms with Gasteiger partial charge >= 0.3 is 0 Å². The Morgan fingerprint density at radius 1 is 1.00 bits per heavy atom. The molecule has 1 unspecified atom stereocenters. The van der Waals surface area contributed by atoms with E-state index in [1.807, 2.05) is 24.5 Å². The average molecular weight is 416 g/mol. The number of likely N-dealkylation sites (tertiary alicyclic amines) is 1. The van der Waals surface area contributed by atoms with Crippen molar-refractivity contribution in [2.75, 3.05) is 20.1 Å². The third-order valence-electron chi connectivity index (χ3n) is 6.19. The first-order valence-corrected chi connectivity index (χ1v) is 11.0. The van der Waals surface area contributed by atoms with Crippen LogP contribution in [0.4, 0.5) is 0 Å². The van der Waals surface area contributed by atoms with Gasteiger partial charge in [-0.3, -0.25) is 4.98 Å². The quantitative estimate of drug-likeness (QED) is 0.386. The van der Waals surface area contributed by atoms with Crippen LogP contribution in [0.5, 0.6) is 0 Å². The van der Waals surface area contributed by atoms with Gasteiger partial charge in [0.05, 0.1) is 10.5 Å². The van der Waals surface area contributed by atoms with Gasteiger partial charge in [0.15, 0.2) is 0 Å². The van der Waals surface area contributed by atoms with Crippen LogP contribution in [0.25, 0.3) is 33.2 Å². The summed E-state index contributed by atoms with van der Waals surface area (Å²) < 4.78 is 2.40. The zero-order valence-electron chi connectivity index (χ0n) is 17.3. The molecular formula is C26H26ClN3. The van der Waals surface area contributed by atoms with E-state index in [2.05, 4.69) is 70.2 Å². The molecule has 2 aromatic carbocycles. The minimum Gasteiger partial charge on any atom is -0.346 e. The van der Waals surface area contributed by atoms with E-state index < -0.39 is 0 Å². The smallest absolute Gasteiger partial charge is 0.0506 e. The fourth-order valence-corrected chi connectivity index (χ4v) is 5.03. The Balaban J connectivity index is 1.58. The van der Waals surface area contributed by atoms with Crippen molar-refractivity contribution in [3.05, 3.63) is 78.2 Å². The molecule has 1 saturated heterocycles. The van der Waals surface area contributed by atoms with E-state index in [9.17, 15) is 0 Å². The van der Waals surface area contributed by atoms with Crippen LogP contribution in [-0.2, 0) is 6.54 Å². The number of halogens is 1. The molecule has 0 aliphatic carbocycles. The molecule has 1 aliphatic rings. The summed E-state index contributed by atoms with van der Waals surface area (Å²) in [5, 5.41) is 1.92. The number of rotatable bonds is 4. The predicted molar refractivity (Wildman–Crippen MR) is 126 cm³/mol. The Bertz CT molecular complexity index is 1170. The van der Waals surface area contributed by atoms with E-state index >= 15 is 0 Å². The van der Waals surface area contributed by atoms with E-state index in [-0.39, 0.29) is 0 Å². The van der Waals surface area contributed by atoms with E-state index in [0.717, 1.165) is 40.2 Å². The lowest BCUT2D eigenvalue weighted by molar-refractivity contribution is 0.196. The Morgan fingerprint density at radius 3 is 2.67 bits per heavy atom. The number of nitrogens with zero attached hydrogens (tertiary/aromatic N) is 3. The van der Waals surface area contributed by atoms with Crippen molar-refractivity contribution in [3.63, 3.8) is 0 Å². The first kappa shape index (κ1) is 19.3. The van der Waals surface area contributed by atoms with Gasteiger partial charge < -0.3 is 9.47 Å². The highest BCUT2D eigenvalue weighted by Gasteiger charge is 2.20. The van der Waals surface area contributed by atoms with Gasteiger partial charge in [0.1, 0.15) is 0 Å². The molecule has 5 rings (SSSR count). The van der Waals surface area contributed by atoms with Gasteiger partial charge in [-0.1, -0.05) is 48.0 Å². The van der Waals surface area contributed by atoms with Crippen LogP contribution in [0.3, 0.4) is 0 Å². The van der Waals surface area contributed by atoms with Crippen molar-refractivity contribution >= 4 is 22.5 Å². The third-order valence-corrected chi connectivity index (χ3v) is 6.50. The number of piperidine rings is 1. The molecule has 0 amide bonds. The predicted octanol–water partition coefficient (Wildman–Crippen LogP) is 6.37. The highest BCUT2D eigenvalue weighted by molar-refractivity contribution is 6.36. The molecule has 0 spiro atoms. The fourth-order valence-electron chi connectivity index (χ4n) is 4.75. The molecular weight excluding hydrogens is 390 g/mol. The molecule has 152 valence electrons. The van der Waals surface area contributed by atoms with E-state index in [1.54, 1.807) is 0 Å². The normalized spacial score (nSPS) is 17.5. The molecule has 0 radical (unpaired) electrons. The Labute approximate surface area is 182 Å². The van der Waals surface area contributed by atoms with Gasteiger partial charge in [0.25, 0.3) is 0 Å². The van der Waals surface area contributed by atoms with E-state index in [0.29, 0.717) is 5.92 Å². The Hall–Kier alpha value is -2.62. The lowest BCUT2D eigenvalue weighted by Crippen LogP contribution is -2.33. The van der Waals surface area contributed by atoms with Crippen LogP contribution in [0.15, 0.2) is 73.2 Å². The molecule has 30 heavy (non-hydrogen) atoms. The Kier molecular flexibility index (Phi) is 5.32. The van der Waals surface area contributed by atoms with Crippen LogP contribution in [0, 0.1) is 5.92 Å². The molecule has 0 bridgehead atoms. The SMILES string of the molecule is CN1CCCC(Cn2cc(-c3cncc(-c4ccccc4)c3)c3c(Cl)cccc32)C1. The van der Waals surface area contributed by atoms with Crippen LogP contribution < -0.4 is 0 Å². The van der Waals surface area contributed by atoms with Gasteiger partial charge in [-0.05, 0) is 56.1 Å². The first-order chi connectivity index (χ1) is 14.7. The molecule has 1 fully saturated rings. The molecule has 3 heterocycles. The molecule has 1 atom stereocenters. The zero-order chi connectivity index (χ0) is 20.5. The number of hydrogen-bond donors (Lipinski definition) is 0. The van der Waals surface area contributed by atoms with Gasteiger partial charge in [0.2, 0.25) is 0 Å². The molecule has 4 heteroatoms. The van der Waals surface area contributed by atoms with Gasteiger partial charge in [-0.2, -0.15) is 0 Å². The monoisotopic (exact) mass is 415 g/mol. The molecule has 3 nitrogen and oxygen atoms in total. The summed E-state index contributed by atoms with van der Waals surface area (Å²) in [6, 6.07) is 18.9. The molecule has 0 N–H and O–H groups in total. The topological polar surface area (TPSA) is 21.1 Å². The highest BCUT2D eigenvalue weighted by Crippen LogP contribution is 2.37. The maximum atomic E-state index is 6.71. The van der Waals surface area contributed by atoms with E-state index in [4.69, 9.17) is 11.6 Å². The van der Waals surface area contributed by atoms with E-state index in [1.165, 1.54) is 30.5 Å². The van der Waals surface area contributed by atoms with Crippen molar-refractivity contribution in [1.82, 2.24) is 14.5 Å². The highest BCUT2D eigenvalue weighted by atomic mass is 35.5. The maximum absolute atomic E-state index is 6.71. The third kappa shape index (κ3) is 3.76. The summed E-state index contributed by atoms with van der Waals surface area (Å²) >= 11 is 6.71. The second-order valence-electron chi connectivity index (χ2n) is 8.43. The van der Waals surface area contributed by atoms with Crippen LogP contribution in [-0.4, -0.2) is 34.6 Å². The van der Waals surface area contributed by atoms with Crippen LogP contribution >= 0.6 is 11.6 Å². The van der Waals surface area contributed by atoms with Gasteiger partial charge in [-0.15, -0.1) is 0 Å². The van der Waals surface area contributed by atoms with Crippen molar-refractivity contribution in [3.8, 4) is 22.3 Å². The molecule has 2 aromatic heterocycles. The second-order valence-corrected chi connectivity index (χ2v) is 8.84. The lowest BCUT2D eigenvalue weighted by Gasteiger charge is -2.30. The van der Waals surface area contributed by atoms with Crippen molar-refractivity contribution < 1.29 is 0 Å². The van der Waals surface area contributed by atoms with Gasteiger partial charge in [0, 0.05) is 53.8 Å². The summed E-state index contributed by atoms with van der Waals surface area (Å²) in [5.74, 6) is 0.667. The number of benzene rings is 2. The fraction of sp³-hybridized carbons (Fsp3) is 0.269. The van der Waals surface area contributed by atoms with Crippen LogP contribution in [0.1, 0.15) is 12.8 Å². The summed E-state index contributed by atoms with van der Waals surface area (Å²) in [5.41, 5.74) is 5.76. The minimum atomic E-state index is 0.667. The summed E-state index contributed by atoms with van der Waals surface area (Å²) in [6.07, 6.45) is 8.71. The largest absolute Gasteiger partial charge is 0.346 e. The average Bonchev–Trinajstić information content (AvgIpc) is 3.14. The minimum absolute atomic E-state index is 0.667. The van der Waals surface area contributed by atoms with Crippen molar-refractivity contribution in [2.24, 2.45) is 5.92 Å². The van der Waals surface area contributed by atoms with Gasteiger partial charge in [-0.25, -0.2) is 0 Å². The second kappa shape index (κ2) is 8.25.